The third kappa shape index (κ3) is 7.96. The van der Waals surface area contributed by atoms with Gasteiger partial charge in [0.15, 0.2) is 15.8 Å². The minimum Gasteiger partial charge on any atom is -0.356 e. The summed E-state index contributed by atoms with van der Waals surface area (Å²) in [5, 5.41) is 6.32. The zero-order valence-electron chi connectivity index (χ0n) is 15.0. The normalized spacial score (nSPS) is 15.0. The second-order valence-corrected chi connectivity index (χ2v) is 9.08. The Labute approximate surface area is 182 Å². The van der Waals surface area contributed by atoms with E-state index in [9.17, 15) is 8.42 Å². The highest BCUT2D eigenvalue weighted by Gasteiger charge is 2.14. The summed E-state index contributed by atoms with van der Waals surface area (Å²) in [4.78, 5) is 4.49. The molecule has 0 aliphatic heterocycles. The second-order valence-electron chi connectivity index (χ2n) is 6.06. The van der Waals surface area contributed by atoms with Crippen LogP contribution < -0.4 is 10.6 Å². The zero-order valence-corrected chi connectivity index (χ0v) is 19.7. The van der Waals surface area contributed by atoms with Crippen LogP contribution in [0.2, 0.25) is 0 Å². The lowest BCUT2D eigenvalue weighted by Crippen LogP contribution is -2.40. The van der Waals surface area contributed by atoms with Gasteiger partial charge >= 0.3 is 0 Å². The molecule has 0 spiro atoms. The van der Waals surface area contributed by atoms with Crippen LogP contribution in [0.3, 0.4) is 0 Å². The minimum atomic E-state index is -3.29. The number of aliphatic imine (C=N–C) groups is 1. The van der Waals surface area contributed by atoms with E-state index in [1.54, 1.807) is 31.3 Å². The number of nitrogens with one attached hydrogen (secondary N) is 2. The van der Waals surface area contributed by atoms with Crippen molar-refractivity contribution in [2.75, 3.05) is 25.9 Å². The summed E-state index contributed by atoms with van der Waals surface area (Å²) in [6, 6.07) is 6.70. The number of nitrogens with zero attached hydrogens (tertiary/aromatic N) is 1. The first-order valence-electron chi connectivity index (χ1n) is 8.62. The van der Waals surface area contributed by atoms with Crippen LogP contribution in [0.15, 0.2) is 50.3 Å². The fraction of sp³-hybridized carbons (Fsp3) is 0.500. The summed E-state index contributed by atoms with van der Waals surface area (Å²) < 4.78 is 25.5. The maximum absolute atomic E-state index is 12.3. The number of benzene rings is 1. The van der Waals surface area contributed by atoms with E-state index < -0.39 is 9.84 Å². The van der Waals surface area contributed by atoms with Gasteiger partial charge in [-0.25, -0.2) is 8.42 Å². The van der Waals surface area contributed by atoms with E-state index in [2.05, 4.69) is 37.6 Å². The average Bonchev–Trinajstić information content (AvgIpc) is 2.61. The number of halogens is 2. The molecule has 1 aliphatic rings. The molecule has 1 aromatic rings. The topological polar surface area (TPSA) is 70.6 Å². The van der Waals surface area contributed by atoms with Gasteiger partial charge < -0.3 is 10.6 Å². The average molecular weight is 556 g/mol. The molecule has 0 heterocycles. The van der Waals surface area contributed by atoms with E-state index in [-0.39, 0.29) is 29.7 Å². The van der Waals surface area contributed by atoms with E-state index >= 15 is 0 Å². The summed E-state index contributed by atoms with van der Waals surface area (Å²) in [5.74, 6) is 0.669. The van der Waals surface area contributed by atoms with Crippen molar-refractivity contribution in [2.24, 2.45) is 4.99 Å². The Balaban J connectivity index is 0.00000338. The molecule has 0 saturated carbocycles. The monoisotopic (exact) mass is 555 g/mol. The van der Waals surface area contributed by atoms with Gasteiger partial charge in [-0.3, -0.25) is 4.99 Å². The summed E-state index contributed by atoms with van der Waals surface area (Å²) in [5.41, 5.74) is 1.51. The van der Waals surface area contributed by atoms with Crippen molar-refractivity contribution in [3.63, 3.8) is 0 Å². The van der Waals surface area contributed by atoms with Crippen molar-refractivity contribution in [3.05, 3.63) is 40.4 Å². The van der Waals surface area contributed by atoms with Crippen LogP contribution in [0.5, 0.6) is 0 Å². The largest absolute Gasteiger partial charge is 0.356 e. The molecule has 0 saturated heterocycles. The highest BCUT2D eigenvalue weighted by molar-refractivity contribution is 14.0. The molecule has 0 amide bonds. The van der Waals surface area contributed by atoms with Gasteiger partial charge in [0, 0.05) is 24.6 Å². The number of hydrogen-bond donors (Lipinski definition) is 2. The van der Waals surface area contributed by atoms with E-state index in [1.807, 2.05) is 0 Å². The van der Waals surface area contributed by atoms with Crippen molar-refractivity contribution in [1.29, 1.82) is 0 Å². The Morgan fingerprint density at radius 2 is 1.85 bits per heavy atom. The molecule has 0 aromatic heterocycles. The molecule has 0 fully saturated rings. The van der Waals surface area contributed by atoms with Crippen LogP contribution in [-0.2, 0) is 9.84 Å². The molecule has 0 bridgehead atoms. The van der Waals surface area contributed by atoms with E-state index in [1.165, 1.54) is 31.3 Å². The van der Waals surface area contributed by atoms with Gasteiger partial charge in [0.05, 0.1) is 10.6 Å². The number of sulfone groups is 1. The molecule has 2 N–H and O–H groups in total. The predicted molar refractivity (Wildman–Crippen MR) is 122 cm³/mol. The lowest BCUT2D eigenvalue weighted by Gasteiger charge is -2.15. The first kappa shape index (κ1) is 23.4. The first-order valence-corrected chi connectivity index (χ1v) is 11.1. The van der Waals surface area contributed by atoms with Gasteiger partial charge in [-0.1, -0.05) is 27.6 Å². The number of guanidine groups is 1. The second kappa shape index (κ2) is 12.0. The molecule has 146 valence electrons. The van der Waals surface area contributed by atoms with Gasteiger partial charge in [-0.15, -0.1) is 24.0 Å². The molecular weight excluding hydrogens is 529 g/mol. The number of allylic oxidation sites excluding steroid dienone is 1. The van der Waals surface area contributed by atoms with Crippen molar-refractivity contribution >= 4 is 55.7 Å². The maximum Gasteiger partial charge on any atom is 0.191 e. The molecule has 1 aliphatic carbocycles. The Kier molecular flexibility index (Phi) is 10.8. The molecule has 2 rings (SSSR count). The lowest BCUT2D eigenvalue weighted by molar-refractivity contribution is 0.594. The molecule has 0 radical (unpaired) electrons. The Bertz CT molecular complexity index is 718. The third-order valence-electron chi connectivity index (χ3n) is 4.18. The number of rotatable bonds is 7. The Morgan fingerprint density at radius 3 is 2.46 bits per heavy atom. The van der Waals surface area contributed by atoms with Gasteiger partial charge in [-0.2, -0.15) is 0 Å². The van der Waals surface area contributed by atoms with Crippen molar-refractivity contribution in [1.82, 2.24) is 10.6 Å². The quantitative estimate of drug-likeness (QED) is 0.232. The van der Waals surface area contributed by atoms with Crippen LogP contribution in [0.1, 0.15) is 32.1 Å². The molecule has 8 heteroatoms. The van der Waals surface area contributed by atoms with E-state index in [0.717, 1.165) is 17.4 Å². The van der Waals surface area contributed by atoms with Crippen LogP contribution in [0, 0.1) is 0 Å². The fourth-order valence-corrected chi connectivity index (χ4v) is 4.18. The van der Waals surface area contributed by atoms with Crippen molar-refractivity contribution < 1.29 is 8.42 Å². The fourth-order valence-electron chi connectivity index (χ4n) is 2.76. The first-order chi connectivity index (χ1) is 12.0. The smallest absolute Gasteiger partial charge is 0.191 e. The minimum absolute atomic E-state index is 0. The van der Waals surface area contributed by atoms with Gasteiger partial charge in [0.2, 0.25) is 0 Å². The van der Waals surface area contributed by atoms with Gasteiger partial charge in [-0.05, 0) is 56.4 Å². The number of hydrogen-bond acceptors (Lipinski definition) is 3. The Morgan fingerprint density at radius 1 is 1.15 bits per heavy atom. The molecule has 0 atom stereocenters. The van der Waals surface area contributed by atoms with Gasteiger partial charge in [0.25, 0.3) is 0 Å². The van der Waals surface area contributed by atoms with Crippen LogP contribution >= 0.6 is 39.9 Å². The van der Waals surface area contributed by atoms with E-state index in [0.29, 0.717) is 17.4 Å². The summed E-state index contributed by atoms with van der Waals surface area (Å²) in [7, 11) is -1.60. The van der Waals surface area contributed by atoms with Crippen LogP contribution in [-0.4, -0.2) is 40.3 Å². The predicted octanol–water partition coefficient (Wildman–Crippen LogP) is 3.90. The van der Waals surface area contributed by atoms with Crippen LogP contribution in [0.25, 0.3) is 0 Å². The zero-order chi connectivity index (χ0) is 18.1. The van der Waals surface area contributed by atoms with Crippen molar-refractivity contribution in [2.45, 2.75) is 37.0 Å². The highest BCUT2D eigenvalue weighted by atomic mass is 127. The lowest BCUT2D eigenvalue weighted by atomic mass is 9.97. The van der Waals surface area contributed by atoms with E-state index in [4.69, 9.17) is 0 Å². The summed E-state index contributed by atoms with van der Waals surface area (Å²) >= 11 is 3.31. The molecule has 0 unspecified atom stereocenters. The molecule has 26 heavy (non-hydrogen) atoms. The molecule has 1 aromatic carbocycles. The summed E-state index contributed by atoms with van der Waals surface area (Å²) in [6.07, 6.45) is 8.32. The van der Waals surface area contributed by atoms with Gasteiger partial charge in [0.1, 0.15) is 0 Å². The highest BCUT2D eigenvalue weighted by Crippen LogP contribution is 2.19. The van der Waals surface area contributed by atoms with Crippen LogP contribution in [0.4, 0.5) is 0 Å². The van der Waals surface area contributed by atoms with Crippen molar-refractivity contribution in [3.8, 4) is 0 Å². The molecular formula is C18H27BrIN3O2S. The third-order valence-corrected chi connectivity index (χ3v) is 6.44. The standard InChI is InChI=1S/C18H26BrN3O2S.HI/c1-20-18(21-12-11-15-5-3-2-4-6-15)22-13-14-25(23,24)17-9-7-16(19)8-10-17;/h5,7-10H,2-4,6,11-14H2,1H3,(H2,20,21,22);1H. The SMILES string of the molecule is CN=C(NCCC1=CCCCC1)NCCS(=O)(=O)c1ccc(Br)cc1.I. The maximum atomic E-state index is 12.3. The molecule has 5 nitrogen and oxygen atoms in total. The summed E-state index contributed by atoms with van der Waals surface area (Å²) in [6.45, 7) is 1.13. The Hall–Kier alpha value is -0.610.